The Morgan fingerprint density at radius 3 is 2.52 bits per heavy atom. The highest BCUT2D eigenvalue weighted by atomic mass is 79.9. The van der Waals surface area contributed by atoms with E-state index in [2.05, 4.69) is 48.1 Å². The second-order valence-electron chi connectivity index (χ2n) is 6.07. The summed E-state index contributed by atoms with van der Waals surface area (Å²) in [7, 11) is 1.65. The molecular formula is C20H21BrN4OS. The van der Waals surface area contributed by atoms with Gasteiger partial charge < -0.3 is 9.88 Å². The molecule has 0 saturated heterocycles. The van der Waals surface area contributed by atoms with Crippen molar-refractivity contribution >= 4 is 33.6 Å². The molecule has 1 amide bonds. The Morgan fingerprint density at radius 2 is 1.85 bits per heavy atom. The third-order valence-electron chi connectivity index (χ3n) is 4.18. The van der Waals surface area contributed by atoms with Crippen molar-refractivity contribution in [3.63, 3.8) is 0 Å². The summed E-state index contributed by atoms with van der Waals surface area (Å²) in [6.45, 7) is 2.62. The van der Waals surface area contributed by atoms with Gasteiger partial charge in [-0.25, -0.2) is 0 Å². The predicted octanol–water partition coefficient (Wildman–Crippen LogP) is 4.18. The van der Waals surface area contributed by atoms with Crippen molar-refractivity contribution in [2.24, 2.45) is 0 Å². The fourth-order valence-electron chi connectivity index (χ4n) is 2.69. The molecule has 1 unspecified atom stereocenters. The highest BCUT2D eigenvalue weighted by Gasteiger charge is 2.20. The van der Waals surface area contributed by atoms with Crippen molar-refractivity contribution < 1.29 is 4.79 Å². The van der Waals surface area contributed by atoms with Gasteiger partial charge in [-0.2, -0.15) is 0 Å². The molecule has 0 bridgehead atoms. The van der Waals surface area contributed by atoms with Gasteiger partial charge in [0.15, 0.2) is 11.0 Å². The van der Waals surface area contributed by atoms with Crippen molar-refractivity contribution in [2.75, 3.05) is 7.05 Å². The summed E-state index contributed by atoms with van der Waals surface area (Å²) in [6.07, 6.45) is 0.865. The molecule has 0 spiro atoms. The summed E-state index contributed by atoms with van der Waals surface area (Å²) < 4.78 is 3.12. The average molecular weight is 445 g/mol. The van der Waals surface area contributed by atoms with Crippen LogP contribution < -0.4 is 5.32 Å². The average Bonchev–Trinajstić information content (AvgIpc) is 3.09. The normalized spacial score (nSPS) is 12.0. The Morgan fingerprint density at radius 1 is 1.15 bits per heavy atom. The van der Waals surface area contributed by atoms with E-state index < -0.39 is 0 Å². The van der Waals surface area contributed by atoms with Crippen LogP contribution in [0.4, 0.5) is 0 Å². The number of nitrogens with one attached hydrogen (secondary N) is 1. The number of nitrogens with zero attached hydrogens (tertiary/aromatic N) is 3. The van der Waals surface area contributed by atoms with Crippen LogP contribution in [0.25, 0.3) is 11.4 Å². The van der Waals surface area contributed by atoms with Gasteiger partial charge in [0.05, 0.1) is 5.25 Å². The zero-order chi connectivity index (χ0) is 19.2. The van der Waals surface area contributed by atoms with Crippen molar-refractivity contribution in [1.29, 1.82) is 0 Å². The minimum absolute atomic E-state index is 0.0252. The van der Waals surface area contributed by atoms with Crippen LogP contribution in [0.1, 0.15) is 12.5 Å². The SMILES string of the molecule is CNC(=O)C(C)Sc1nnc(-c2ccc(Br)cc2)n1CCc1ccccc1. The maximum absolute atomic E-state index is 11.9. The standard InChI is InChI=1S/C20H21BrN4OS/c1-14(19(26)22-2)27-20-24-23-18(16-8-10-17(21)11-9-16)25(20)13-12-15-6-4-3-5-7-15/h3-11,14H,12-13H2,1-2H3,(H,22,26). The van der Waals surface area contributed by atoms with Gasteiger partial charge in [0.25, 0.3) is 0 Å². The summed E-state index contributed by atoms with van der Waals surface area (Å²) in [4.78, 5) is 11.9. The van der Waals surface area contributed by atoms with Crippen LogP contribution in [0.5, 0.6) is 0 Å². The third-order valence-corrected chi connectivity index (χ3v) is 5.79. The Hall–Kier alpha value is -2.12. The van der Waals surface area contributed by atoms with Crippen LogP contribution in [0, 0.1) is 0 Å². The fourth-order valence-corrected chi connectivity index (χ4v) is 3.89. The highest BCUT2D eigenvalue weighted by molar-refractivity contribution is 9.10. The van der Waals surface area contributed by atoms with E-state index in [1.165, 1.54) is 17.3 Å². The number of aryl methyl sites for hydroxylation is 1. The van der Waals surface area contributed by atoms with E-state index >= 15 is 0 Å². The number of amides is 1. The summed E-state index contributed by atoms with van der Waals surface area (Å²) in [5, 5.41) is 12.0. The lowest BCUT2D eigenvalue weighted by atomic mass is 10.1. The number of rotatable bonds is 7. The summed E-state index contributed by atoms with van der Waals surface area (Å²) in [6, 6.07) is 18.3. The molecule has 5 nitrogen and oxygen atoms in total. The molecule has 3 aromatic rings. The molecule has 140 valence electrons. The van der Waals surface area contributed by atoms with E-state index in [4.69, 9.17) is 0 Å². The zero-order valence-electron chi connectivity index (χ0n) is 15.2. The third kappa shape index (κ3) is 4.99. The van der Waals surface area contributed by atoms with Crippen molar-refractivity contribution in [3.8, 4) is 11.4 Å². The second-order valence-corrected chi connectivity index (χ2v) is 8.30. The van der Waals surface area contributed by atoms with Crippen molar-refractivity contribution in [1.82, 2.24) is 20.1 Å². The number of hydrogen-bond acceptors (Lipinski definition) is 4. The molecular weight excluding hydrogens is 424 g/mol. The van der Waals surface area contributed by atoms with Crippen molar-refractivity contribution in [3.05, 3.63) is 64.6 Å². The Bertz CT molecular complexity index is 896. The number of benzene rings is 2. The molecule has 1 heterocycles. The molecule has 0 saturated carbocycles. The van der Waals surface area contributed by atoms with Gasteiger partial charge in [-0.1, -0.05) is 70.2 Å². The van der Waals surface area contributed by atoms with E-state index in [-0.39, 0.29) is 11.2 Å². The molecule has 0 aliphatic carbocycles. The van der Waals surface area contributed by atoms with Gasteiger partial charge in [-0.3, -0.25) is 4.79 Å². The van der Waals surface area contributed by atoms with Crippen LogP contribution >= 0.6 is 27.7 Å². The molecule has 0 aliphatic rings. The number of aromatic nitrogens is 3. The smallest absolute Gasteiger partial charge is 0.233 e. The molecule has 27 heavy (non-hydrogen) atoms. The molecule has 7 heteroatoms. The first kappa shape index (κ1) is 19.6. The number of hydrogen-bond donors (Lipinski definition) is 1. The predicted molar refractivity (Wildman–Crippen MR) is 113 cm³/mol. The van der Waals surface area contributed by atoms with E-state index in [1.807, 2.05) is 49.4 Å². The molecule has 0 aliphatic heterocycles. The van der Waals surface area contributed by atoms with E-state index in [0.29, 0.717) is 0 Å². The maximum Gasteiger partial charge on any atom is 0.233 e. The first-order chi connectivity index (χ1) is 13.1. The molecule has 0 radical (unpaired) electrons. The largest absolute Gasteiger partial charge is 0.358 e. The van der Waals surface area contributed by atoms with Crippen LogP contribution in [0.15, 0.2) is 64.2 Å². The van der Waals surface area contributed by atoms with Crippen LogP contribution in [-0.2, 0) is 17.8 Å². The Balaban J connectivity index is 1.90. The van der Waals surface area contributed by atoms with Crippen LogP contribution in [0.3, 0.4) is 0 Å². The minimum atomic E-state index is -0.243. The summed E-state index contributed by atoms with van der Waals surface area (Å²) in [5.41, 5.74) is 2.25. The number of carbonyl (C=O) groups is 1. The second kappa shape index (κ2) is 9.19. The van der Waals surface area contributed by atoms with E-state index in [9.17, 15) is 4.79 Å². The first-order valence-electron chi connectivity index (χ1n) is 8.70. The lowest BCUT2D eigenvalue weighted by Gasteiger charge is -2.13. The van der Waals surface area contributed by atoms with Gasteiger partial charge in [0.1, 0.15) is 0 Å². The molecule has 2 aromatic carbocycles. The molecule has 1 aromatic heterocycles. The summed E-state index contributed by atoms with van der Waals surface area (Å²) in [5.74, 6) is 0.785. The van der Waals surface area contributed by atoms with Crippen LogP contribution in [0.2, 0.25) is 0 Å². The van der Waals surface area contributed by atoms with E-state index in [0.717, 1.165) is 34.0 Å². The molecule has 1 atom stereocenters. The topological polar surface area (TPSA) is 59.8 Å². The van der Waals surface area contributed by atoms with Crippen LogP contribution in [-0.4, -0.2) is 33.0 Å². The quantitative estimate of drug-likeness (QED) is 0.555. The Kier molecular flexibility index (Phi) is 6.68. The lowest BCUT2D eigenvalue weighted by molar-refractivity contribution is -0.119. The number of halogens is 1. The Labute approximate surface area is 171 Å². The summed E-state index contributed by atoms with van der Waals surface area (Å²) >= 11 is 4.89. The number of thioether (sulfide) groups is 1. The number of carbonyl (C=O) groups excluding carboxylic acids is 1. The van der Waals surface area contributed by atoms with Crippen molar-refractivity contribution in [2.45, 2.75) is 30.3 Å². The molecule has 3 rings (SSSR count). The van der Waals surface area contributed by atoms with Gasteiger partial charge >= 0.3 is 0 Å². The lowest BCUT2D eigenvalue weighted by Crippen LogP contribution is -2.27. The van der Waals surface area contributed by atoms with Gasteiger partial charge in [-0.15, -0.1) is 10.2 Å². The van der Waals surface area contributed by atoms with Gasteiger partial charge in [0, 0.05) is 23.6 Å². The zero-order valence-corrected chi connectivity index (χ0v) is 17.6. The van der Waals surface area contributed by atoms with E-state index in [1.54, 1.807) is 7.05 Å². The fraction of sp³-hybridized carbons (Fsp3) is 0.250. The van der Waals surface area contributed by atoms with Gasteiger partial charge in [0.2, 0.25) is 5.91 Å². The molecule has 1 N–H and O–H groups in total. The highest BCUT2D eigenvalue weighted by Crippen LogP contribution is 2.28. The minimum Gasteiger partial charge on any atom is -0.358 e. The first-order valence-corrected chi connectivity index (χ1v) is 10.4. The molecule has 0 fully saturated rings. The van der Waals surface area contributed by atoms with Gasteiger partial charge in [-0.05, 0) is 31.0 Å². The monoisotopic (exact) mass is 444 g/mol. The maximum atomic E-state index is 11.9.